The van der Waals surface area contributed by atoms with Gasteiger partial charge in [-0.1, -0.05) is 24.3 Å². The van der Waals surface area contributed by atoms with E-state index in [1.54, 1.807) is 47.4 Å². The molecule has 3 rings (SSSR count). The third-order valence-corrected chi connectivity index (χ3v) is 4.25. The van der Waals surface area contributed by atoms with Crippen molar-refractivity contribution in [2.45, 2.75) is 19.3 Å². The van der Waals surface area contributed by atoms with Gasteiger partial charge in [-0.05, 0) is 36.6 Å². The highest BCUT2D eigenvalue weighted by Gasteiger charge is 2.18. The number of rotatable bonds is 6. The third-order valence-electron chi connectivity index (χ3n) is 4.25. The van der Waals surface area contributed by atoms with Gasteiger partial charge in [0.05, 0.1) is 6.42 Å². The standard InChI is InChI=1S/C20H21FN2O3/c21-18-9-2-1-6-15(18)12-19(24)22-16-7-5-8-17(13-16)26-14-20(25)23-10-3-4-11-23/h1-2,5-9,13H,3-4,10-12,14H2,(H,22,24). The first-order valence-electron chi connectivity index (χ1n) is 8.66. The largest absolute Gasteiger partial charge is 0.484 e. The molecular weight excluding hydrogens is 335 g/mol. The summed E-state index contributed by atoms with van der Waals surface area (Å²) in [4.78, 5) is 25.9. The topological polar surface area (TPSA) is 58.6 Å². The van der Waals surface area contributed by atoms with Crippen LogP contribution in [0.4, 0.5) is 10.1 Å². The van der Waals surface area contributed by atoms with Crippen LogP contribution >= 0.6 is 0 Å². The van der Waals surface area contributed by atoms with E-state index < -0.39 is 5.82 Å². The summed E-state index contributed by atoms with van der Waals surface area (Å²) in [6, 6.07) is 13.0. The van der Waals surface area contributed by atoms with Gasteiger partial charge in [0.25, 0.3) is 5.91 Å². The van der Waals surface area contributed by atoms with E-state index >= 15 is 0 Å². The van der Waals surface area contributed by atoms with Crippen LogP contribution in [0.3, 0.4) is 0 Å². The molecule has 26 heavy (non-hydrogen) atoms. The maximum atomic E-state index is 13.6. The number of nitrogens with one attached hydrogen (secondary N) is 1. The number of carbonyl (C=O) groups is 2. The van der Waals surface area contributed by atoms with E-state index in [4.69, 9.17) is 4.74 Å². The number of likely N-dealkylation sites (tertiary alicyclic amines) is 1. The average Bonchev–Trinajstić information content (AvgIpc) is 3.17. The molecule has 1 fully saturated rings. The van der Waals surface area contributed by atoms with Crippen LogP contribution in [0.25, 0.3) is 0 Å². The van der Waals surface area contributed by atoms with Gasteiger partial charge < -0.3 is 15.0 Å². The summed E-state index contributed by atoms with van der Waals surface area (Å²) in [6.45, 7) is 1.55. The summed E-state index contributed by atoms with van der Waals surface area (Å²) < 4.78 is 19.2. The molecule has 6 heteroatoms. The molecule has 0 unspecified atom stereocenters. The summed E-state index contributed by atoms with van der Waals surface area (Å²) in [6.07, 6.45) is 2.02. The van der Waals surface area contributed by atoms with Gasteiger partial charge in [0.15, 0.2) is 6.61 Å². The van der Waals surface area contributed by atoms with E-state index in [0.717, 1.165) is 25.9 Å². The summed E-state index contributed by atoms with van der Waals surface area (Å²) >= 11 is 0. The van der Waals surface area contributed by atoms with Crippen molar-refractivity contribution in [3.05, 3.63) is 59.9 Å². The molecule has 1 N–H and O–H groups in total. The minimum Gasteiger partial charge on any atom is -0.484 e. The van der Waals surface area contributed by atoms with Crippen LogP contribution in [0.2, 0.25) is 0 Å². The van der Waals surface area contributed by atoms with Crippen LogP contribution in [-0.4, -0.2) is 36.4 Å². The number of amides is 2. The van der Waals surface area contributed by atoms with Gasteiger partial charge in [0.1, 0.15) is 11.6 Å². The lowest BCUT2D eigenvalue weighted by atomic mass is 10.1. The van der Waals surface area contributed by atoms with Crippen molar-refractivity contribution in [3.63, 3.8) is 0 Å². The number of anilines is 1. The molecule has 0 saturated carbocycles. The summed E-state index contributed by atoms with van der Waals surface area (Å²) in [5.74, 6) is -0.252. The predicted molar refractivity (Wildman–Crippen MR) is 96.5 cm³/mol. The molecule has 2 aromatic rings. The Kier molecular flexibility index (Phi) is 5.84. The quantitative estimate of drug-likeness (QED) is 0.866. The molecule has 136 valence electrons. The van der Waals surface area contributed by atoms with Crippen LogP contribution in [0.15, 0.2) is 48.5 Å². The first-order chi connectivity index (χ1) is 12.6. The molecule has 1 saturated heterocycles. The van der Waals surface area contributed by atoms with E-state index in [9.17, 15) is 14.0 Å². The molecule has 2 amide bonds. The van der Waals surface area contributed by atoms with Gasteiger partial charge in [0.2, 0.25) is 5.91 Å². The van der Waals surface area contributed by atoms with Crippen LogP contribution in [0, 0.1) is 5.82 Å². The number of carbonyl (C=O) groups excluding carboxylic acids is 2. The zero-order valence-electron chi connectivity index (χ0n) is 14.4. The Labute approximate surface area is 151 Å². The van der Waals surface area contributed by atoms with Gasteiger partial charge in [-0.2, -0.15) is 0 Å². The SMILES string of the molecule is O=C(Cc1ccccc1F)Nc1cccc(OCC(=O)N2CCCC2)c1. The fourth-order valence-corrected chi connectivity index (χ4v) is 2.89. The van der Waals surface area contributed by atoms with Crippen LogP contribution in [0.1, 0.15) is 18.4 Å². The second-order valence-electron chi connectivity index (χ2n) is 6.22. The molecule has 0 radical (unpaired) electrons. The lowest BCUT2D eigenvalue weighted by Crippen LogP contribution is -2.32. The lowest BCUT2D eigenvalue weighted by molar-refractivity contribution is -0.132. The molecule has 1 heterocycles. The number of hydrogen-bond donors (Lipinski definition) is 1. The number of ether oxygens (including phenoxy) is 1. The Balaban J connectivity index is 1.54. The van der Waals surface area contributed by atoms with Crippen molar-refractivity contribution in [2.75, 3.05) is 25.0 Å². The Morgan fingerprint density at radius 2 is 1.85 bits per heavy atom. The molecule has 0 bridgehead atoms. The number of hydrogen-bond acceptors (Lipinski definition) is 3. The zero-order valence-corrected chi connectivity index (χ0v) is 14.4. The number of benzene rings is 2. The van der Waals surface area contributed by atoms with Gasteiger partial charge in [-0.3, -0.25) is 9.59 Å². The maximum absolute atomic E-state index is 13.6. The van der Waals surface area contributed by atoms with Crippen molar-refractivity contribution in [1.29, 1.82) is 0 Å². The van der Waals surface area contributed by atoms with Crippen molar-refractivity contribution in [3.8, 4) is 5.75 Å². The monoisotopic (exact) mass is 356 g/mol. The fraction of sp³-hybridized carbons (Fsp3) is 0.300. The Morgan fingerprint density at radius 1 is 1.08 bits per heavy atom. The number of halogens is 1. The Morgan fingerprint density at radius 3 is 2.62 bits per heavy atom. The van der Waals surface area contributed by atoms with E-state index in [0.29, 0.717) is 17.0 Å². The van der Waals surface area contributed by atoms with Crippen molar-refractivity contribution >= 4 is 17.5 Å². The second kappa shape index (κ2) is 8.47. The highest BCUT2D eigenvalue weighted by Crippen LogP contribution is 2.18. The molecule has 2 aromatic carbocycles. The maximum Gasteiger partial charge on any atom is 0.260 e. The van der Waals surface area contributed by atoms with Crippen molar-refractivity contribution < 1.29 is 18.7 Å². The van der Waals surface area contributed by atoms with Crippen molar-refractivity contribution in [2.24, 2.45) is 0 Å². The predicted octanol–water partition coefficient (Wildman–Crippen LogP) is 3.01. The highest BCUT2D eigenvalue weighted by molar-refractivity contribution is 5.92. The summed E-state index contributed by atoms with van der Waals surface area (Å²) in [7, 11) is 0. The molecule has 1 aliphatic rings. The molecule has 0 spiro atoms. The highest BCUT2D eigenvalue weighted by atomic mass is 19.1. The van der Waals surface area contributed by atoms with Gasteiger partial charge >= 0.3 is 0 Å². The number of nitrogens with zero attached hydrogens (tertiary/aromatic N) is 1. The van der Waals surface area contributed by atoms with Crippen LogP contribution < -0.4 is 10.1 Å². The van der Waals surface area contributed by atoms with E-state index in [-0.39, 0.29) is 24.8 Å². The van der Waals surface area contributed by atoms with Gasteiger partial charge in [-0.15, -0.1) is 0 Å². The van der Waals surface area contributed by atoms with E-state index in [1.165, 1.54) is 6.07 Å². The normalized spacial score (nSPS) is 13.5. The fourth-order valence-electron chi connectivity index (χ4n) is 2.89. The molecular formula is C20H21FN2O3. The Hall–Kier alpha value is -2.89. The molecule has 5 nitrogen and oxygen atoms in total. The molecule has 0 atom stereocenters. The second-order valence-corrected chi connectivity index (χ2v) is 6.22. The first kappa shape index (κ1) is 17.9. The van der Waals surface area contributed by atoms with Crippen LogP contribution in [0.5, 0.6) is 5.75 Å². The third kappa shape index (κ3) is 4.81. The molecule has 1 aliphatic heterocycles. The van der Waals surface area contributed by atoms with Gasteiger partial charge in [0, 0.05) is 24.8 Å². The Bertz CT molecular complexity index is 788. The summed E-state index contributed by atoms with van der Waals surface area (Å²) in [5.41, 5.74) is 0.881. The molecule has 0 aliphatic carbocycles. The van der Waals surface area contributed by atoms with E-state index in [2.05, 4.69) is 5.32 Å². The molecule has 0 aromatic heterocycles. The average molecular weight is 356 g/mol. The summed E-state index contributed by atoms with van der Waals surface area (Å²) in [5, 5.41) is 2.72. The van der Waals surface area contributed by atoms with Gasteiger partial charge in [-0.25, -0.2) is 4.39 Å². The van der Waals surface area contributed by atoms with E-state index in [1.807, 2.05) is 0 Å². The van der Waals surface area contributed by atoms with Crippen molar-refractivity contribution in [1.82, 2.24) is 4.90 Å². The minimum atomic E-state index is -0.403. The van der Waals surface area contributed by atoms with Crippen LogP contribution in [-0.2, 0) is 16.0 Å². The first-order valence-corrected chi connectivity index (χ1v) is 8.66. The lowest BCUT2D eigenvalue weighted by Gasteiger charge is -2.15. The smallest absolute Gasteiger partial charge is 0.260 e. The zero-order chi connectivity index (χ0) is 18.4. The minimum absolute atomic E-state index is 0.0212.